The fourth-order valence-corrected chi connectivity index (χ4v) is 3.08. The Morgan fingerprint density at radius 2 is 2.10 bits per heavy atom. The molecule has 8 heteroatoms. The second-order valence-corrected chi connectivity index (χ2v) is 6.18. The molecule has 1 heterocycles. The number of aromatic carboxylic acids is 1. The number of sulfonamides is 1. The maximum absolute atomic E-state index is 12.2. The van der Waals surface area contributed by atoms with Crippen LogP contribution in [0.15, 0.2) is 35.4 Å². The van der Waals surface area contributed by atoms with Crippen LogP contribution in [-0.2, 0) is 10.0 Å². The number of aromatic nitrogens is 1. The van der Waals surface area contributed by atoms with Gasteiger partial charge in [-0.05, 0) is 24.6 Å². The van der Waals surface area contributed by atoms with Gasteiger partial charge in [0.25, 0.3) is 10.0 Å². The zero-order chi connectivity index (χ0) is 14.9. The summed E-state index contributed by atoms with van der Waals surface area (Å²) in [4.78, 5) is 12.9. The van der Waals surface area contributed by atoms with E-state index in [2.05, 4.69) is 9.71 Å². The molecule has 2 rings (SSSR count). The minimum atomic E-state index is -3.90. The van der Waals surface area contributed by atoms with Crippen LogP contribution in [0.2, 0.25) is 5.02 Å². The average molecular weight is 315 g/mol. The predicted molar refractivity (Wildman–Crippen MR) is 74.7 cm³/mol. The molecule has 0 bridgehead atoms. The van der Waals surface area contributed by atoms with Crippen LogP contribution in [-0.4, -0.2) is 24.5 Å². The number of hydrogen-bond donors (Lipinski definition) is 3. The van der Waals surface area contributed by atoms with E-state index in [4.69, 9.17) is 16.7 Å². The van der Waals surface area contributed by atoms with E-state index >= 15 is 0 Å². The Bertz CT molecular complexity index is 747. The van der Waals surface area contributed by atoms with Gasteiger partial charge in [0.1, 0.15) is 10.6 Å². The fraction of sp³-hybridized carbons (Fsp3) is 0.0833. The van der Waals surface area contributed by atoms with Crippen molar-refractivity contribution in [2.24, 2.45) is 0 Å². The van der Waals surface area contributed by atoms with Gasteiger partial charge < -0.3 is 10.1 Å². The molecular weight excluding hydrogens is 304 g/mol. The molecule has 0 radical (unpaired) electrons. The Hall–Kier alpha value is -1.99. The van der Waals surface area contributed by atoms with Crippen LogP contribution < -0.4 is 4.72 Å². The summed E-state index contributed by atoms with van der Waals surface area (Å²) in [5.41, 5.74) is 0.726. The second kappa shape index (κ2) is 5.18. The van der Waals surface area contributed by atoms with E-state index < -0.39 is 16.0 Å². The second-order valence-electron chi connectivity index (χ2n) is 4.09. The number of nitrogens with one attached hydrogen (secondary N) is 2. The number of carboxylic acid groups (broad SMARTS) is 1. The molecule has 0 amide bonds. The van der Waals surface area contributed by atoms with E-state index in [0.29, 0.717) is 5.56 Å². The van der Waals surface area contributed by atoms with Crippen molar-refractivity contribution in [1.82, 2.24) is 4.98 Å². The normalized spacial score (nSPS) is 11.3. The Morgan fingerprint density at radius 3 is 2.65 bits per heavy atom. The summed E-state index contributed by atoms with van der Waals surface area (Å²) in [5.74, 6) is -1.24. The minimum absolute atomic E-state index is 0.172. The van der Waals surface area contributed by atoms with Gasteiger partial charge in [-0.15, -0.1) is 0 Å². The molecule has 0 aliphatic rings. The van der Waals surface area contributed by atoms with Gasteiger partial charge in [-0.25, -0.2) is 13.2 Å². The smallest absolute Gasteiger partial charge is 0.352 e. The van der Waals surface area contributed by atoms with Gasteiger partial charge in [0.05, 0.1) is 10.7 Å². The highest BCUT2D eigenvalue weighted by Gasteiger charge is 2.20. The molecular formula is C12H11ClN2O4S. The third-order valence-electron chi connectivity index (χ3n) is 2.66. The number of carbonyl (C=O) groups is 1. The Balaban J connectivity index is 2.38. The van der Waals surface area contributed by atoms with E-state index in [9.17, 15) is 13.2 Å². The number of anilines is 1. The lowest BCUT2D eigenvalue weighted by molar-refractivity contribution is 0.0691. The lowest BCUT2D eigenvalue weighted by Crippen LogP contribution is -2.13. The SMILES string of the molecule is Cc1cccc(Cl)c1NS(=O)(=O)c1c[nH]c(C(=O)O)c1. The zero-order valence-corrected chi connectivity index (χ0v) is 11.9. The Kier molecular flexibility index (Phi) is 3.74. The standard InChI is InChI=1S/C12H11ClN2O4S/c1-7-3-2-4-9(13)11(7)15-20(18,19)8-5-10(12(16)17)14-6-8/h2-6,14-15H,1H3,(H,16,17). The lowest BCUT2D eigenvalue weighted by Gasteiger charge is -2.10. The van der Waals surface area contributed by atoms with Crippen molar-refractivity contribution in [3.8, 4) is 0 Å². The molecule has 0 aliphatic carbocycles. The molecule has 3 N–H and O–H groups in total. The zero-order valence-electron chi connectivity index (χ0n) is 10.3. The van der Waals surface area contributed by atoms with Crippen LogP contribution in [0.3, 0.4) is 0 Å². The number of aromatic amines is 1. The summed E-state index contributed by atoms with van der Waals surface area (Å²) in [7, 11) is -3.90. The van der Waals surface area contributed by atoms with Gasteiger partial charge >= 0.3 is 5.97 Å². The summed E-state index contributed by atoms with van der Waals surface area (Å²) >= 11 is 5.95. The van der Waals surface area contributed by atoms with Gasteiger partial charge in [-0.1, -0.05) is 23.7 Å². The molecule has 0 spiro atoms. The lowest BCUT2D eigenvalue weighted by atomic mass is 10.2. The van der Waals surface area contributed by atoms with Gasteiger partial charge in [-0.2, -0.15) is 0 Å². The Labute approximate surface area is 120 Å². The number of H-pyrrole nitrogens is 1. The fourth-order valence-electron chi connectivity index (χ4n) is 1.61. The molecule has 0 unspecified atom stereocenters. The van der Waals surface area contributed by atoms with Crippen LogP contribution in [0.5, 0.6) is 0 Å². The van der Waals surface area contributed by atoms with Crippen molar-refractivity contribution in [3.63, 3.8) is 0 Å². The van der Waals surface area contributed by atoms with E-state index in [-0.39, 0.29) is 21.3 Å². The van der Waals surface area contributed by atoms with E-state index in [1.807, 2.05) is 0 Å². The topological polar surface area (TPSA) is 99.3 Å². The number of halogens is 1. The summed E-state index contributed by atoms with van der Waals surface area (Å²) in [6.07, 6.45) is 1.11. The molecule has 20 heavy (non-hydrogen) atoms. The summed E-state index contributed by atoms with van der Waals surface area (Å²) < 4.78 is 26.7. The maximum Gasteiger partial charge on any atom is 0.352 e. The van der Waals surface area contributed by atoms with Crippen molar-refractivity contribution in [3.05, 3.63) is 46.7 Å². The number of hydrogen-bond acceptors (Lipinski definition) is 3. The van der Waals surface area contributed by atoms with Crippen molar-refractivity contribution in [2.45, 2.75) is 11.8 Å². The summed E-state index contributed by atoms with van der Waals surface area (Å²) in [5, 5.41) is 9.04. The minimum Gasteiger partial charge on any atom is -0.477 e. The van der Waals surface area contributed by atoms with Gasteiger partial charge in [-0.3, -0.25) is 4.72 Å². The van der Waals surface area contributed by atoms with Crippen molar-refractivity contribution in [2.75, 3.05) is 4.72 Å². The molecule has 0 saturated carbocycles. The molecule has 1 aromatic carbocycles. The first-order valence-electron chi connectivity index (χ1n) is 5.51. The van der Waals surface area contributed by atoms with Crippen LogP contribution in [0.1, 0.15) is 16.1 Å². The molecule has 6 nitrogen and oxygen atoms in total. The molecule has 1 aromatic heterocycles. The maximum atomic E-state index is 12.2. The van der Waals surface area contributed by atoms with Crippen molar-refractivity contribution < 1.29 is 18.3 Å². The van der Waals surface area contributed by atoms with Crippen LogP contribution in [0, 0.1) is 6.92 Å². The van der Waals surface area contributed by atoms with Crippen molar-refractivity contribution in [1.29, 1.82) is 0 Å². The first-order valence-corrected chi connectivity index (χ1v) is 7.37. The third-order valence-corrected chi connectivity index (χ3v) is 4.30. The molecule has 2 aromatic rings. The van der Waals surface area contributed by atoms with E-state index in [1.54, 1.807) is 25.1 Å². The number of carboxylic acids is 1. The third kappa shape index (κ3) is 2.78. The molecule has 0 atom stereocenters. The average Bonchev–Trinajstić information content (AvgIpc) is 2.84. The molecule has 0 aliphatic heterocycles. The highest BCUT2D eigenvalue weighted by molar-refractivity contribution is 7.92. The molecule has 0 saturated heterocycles. The molecule has 106 valence electrons. The predicted octanol–water partition coefficient (Wildman–Crippen LogP) is 2.48. The van der Waals surface area contributed by atoms with Crippen LogP contribution in [0.25, 0.3) is 0 Å². The first kappa shape index (κ1) is 14.4. The van der Waals surface area contributed by atoms with Crippen LogP contribution >= 0.6 is 11.6 Å². The number of rotatable bonds is 4. The van der Waals surface area contributed by atoms with Crippen molar-refractivity contribution >= 4 is 33.3 Å². The highest BCUT2D eigenvalue weighted by atomic mass is 35.5. The number of para-hydroxylation sites is 1. The van der Waals surface area contributed by atoms with E-state index in [1.165, 1.54) is 0 Å². The monoisotopic (exact) mass is 314 g/mol. The summed E-state index contributed by atoms with van der Waals surface area (Å²) in [6.45, 7) is 1.71. The van der Waals surface area contributed by atoms with E-state index in [0.717, 1.165) is 12.3 Å². The summed E-state index contributed by atoms with van der Waals surface area (Å²) in [6, 6.07) is 6.01. The highest BCUT2D eigenvalue weighted by Crippen LogP contribution is 2.27. The first-order chi connectivity index (χ1) is 9.31. The van der Waals surface area contributed by atoms with Gasteiger partial charge in [0.15, 0.2) is 0 Å². The van der Waals surface area contributed by atoms with Crippen LogP contribution in [0.4, 0.5) is 5.69 Å². The largest absolute Gasteiger partial charge is 0.477 e. The molecule has 0 fully saturated rings. The van der Waals surface area contributed by atoms with Gasteiger partial charge in [0.2, 0.25) is 0 Å². The number of benzene rings is 1. The van der Waals surface area contributed by atoms with Gasteiger partial charge in [0, 0.05) is 6.20 Å². The number of aryl methyl sites for hydroxylation is 1. The quantitative estimate of drug-likeness (QED) is 0.807. The Morgan fingerprint density at radius 1 is 1.40 bits per heavy atom.